The van der Waals surface area contributed by atoms with Gasteiger partial charge in [-0.3, -0.25) is 4.79 Å². The normalized spacial score (nSPS) is 16.7. The molecule has 82 valence electrons. The Morgan fingerprint density at radius 2 is 2.20 bits per heavy atom. The molecule has 1 saturated heterocycles. The van der Waals surface area contributed by atoms with E-state index in [1.165, 1.54) is 9.75 Å². The summed E-state index contributed by atoms with van der Waals surface area (Å²) < 4.78 is 0. The molecule has 1 aliphatic heterocycles. The van der Waals surface area contributed by atoms with E-state index in [1.54, 1.807) is 11.3 Å². The maximum absolute atomic E-state index is 11.9. The first-order valence-corrected chi connectivity index (χ1v) is 6.11. The average Bonchev–Trinajstić information content (AvgIpc) is 2.65. The predicted molar refractivity (Wildman–Crippen MR) is 62.2 cm³/mol. The van der Waals surface area contributed by atoms with Crippen molar-refractivity contribution in [3.63, 3.8) is 0 Å². The largest absolute Gasteiger partial charge is 0.340 e. The highest BCUT2D eigenvalue weighted by atomic mass is 32.1. The van der Waals surface area contributed by atoms with Crippen molar-refractivity contribution in [3.05, 3.63) is 21.9 Å². The molecule has 0 aliphatic carbocycles. The van der Waals surface area contributed by atoms with Gasteiger partial charge in [0.25, 0.3) is 0 Å². The molecule has 15 heavy (non-hydrogen) atoms. The lowest BCUT2D eigenvalue weighted by atomic mass is 10.2. The Bertz CT molecular complexity index is 342. The fourth-order valence-electron chi connectivity index (χ4n) is 1.76. The average molecular weight is 224 g/mol. The van der Waals surface area contributed by atoms with Crippen molar-refractivity contribution < 1.29 is 4.79 Å². The van der Waals surface area contributed by atoms with Crippen molar-refractivity contribution in [3.8, 4) is 0 Å². The SMILES string of the molecule is Cc1ccc(CC(=O)N2CCNCC2)s1. The summed E-state index contributed by atoms with van der Waals surface area (Å²) in [6.07, 6.45) is 0.568. The quantitative estimate of drug-likeness (QED) is 0.814. The van der Waals surface area contributed by atoms with Crippen LogP contribution in [0.5, 0.6) is 0 Å². The highest BCUT2D eigenvalue weighted by Gasteiger charge is 2.16. The Morgan fingerprint density at radius 1 is 1.47 bits per heavy atom. The molecule has 2 heterocycles. The first-order chi connectivity index (χ1) is 7.25. The number of thiophene rings is 1. The van der Waals surface area contributed by atoms with Gasteiger partial charge in [-0.1, -0.05) is 0 Å². The summed E-state index contributed by atoms with van der Waals surface area (Å²) in [4.78, 5) is 16.3. The van der Waals surface area contributed by atoms with Crippen LogP contribution in [0, 0.1) is 6.92 Å². The van der Waals surface area contributed by atoms with Crippen LogP contribution in [0.1, 0.15) is 9.75 Å². The van der Waals surface area contributed by atoms with Gasteiger partial charge in [0, 0.05) is 35.9 Å². The number of carbonyl (C=O) groups is 1. The number of rotatable bonds is 2. The van der Waals surface area contributed by atoms with Crippen LogP contribution in [0.25, 0.3) is 0 Å². The van der Waals surface area contributed by atoms with E-state index < -0.39 is 0 Å². The summed E-state index contributed by atoms with van der Waals surface area (Å²) in [5.74, 6) is 0.262. The zero-order chi connectivity index (χ0) is 10.7. The maximum atomic E-state index is 11.9. The molecule has 0 aromatic carbocycles. The summed E-state index contributed by atoms with van der Waals surface area (Å²) in [6.45, 7) is 5.63. The first-order valence-electron chi connectivity index (χ1n) is 5.29. The van der Waals surface area contributed by atoms with Crippen LogP contribution < -0.4 is 5.32 Å². The molecule has 1 aromatic heterocycles. The fourth-order valence-corrected chi connectivity index (χ4v) is 2.64. The molecule has 1 fully saturated rings. The molecule has 1 aliphatic rings. The Kier molecular flexibility index (Phi) is 3.38. The van der Waals surface area contributed by atoms with Crippen LogP contribution in [0.15, 0.2) is 12.1 Å². The van der Waals surface area contributed by atoms with Gasteiger partial charge in [-0.2, -0.15) is 0 Å². The number of hydrogen-bond donors (Lipinski definition) is 1. The van der Waals surface area contributed by atoms with Gasteiger partial charge in [-0.05, 0) is 19.1 Å². The lowest BCUT2D eigenvalue weighted by molar-refractivity contribution is -0.130. The first kappa shape index (κ1) is 10.6. The zero-order valence-corrected chi connectivity index (χ0v) is 9.77. The molecule has 0 unspecified atom stereocenters. The molecule has 0 bridgehead atoms. The van der Waals surface area contributed by atoms with E-state index >= 15 is 0 Å². The Balaban J connectivity index is 1.91. The van der Waals surface area contributed by atoms with Crippen LogP contribution in [-0.4, -0.2) is 37.0 Å². The number of amides is 1. The van der Waals surface area contributed by atoms with Gasteiger partial charge in [0.15, 0.2) is 0 Å². The molecule has 2 rings (SSSR count). The van der Waals surface area contributed by atoms with Crippen LogP contribution in [0.4, 0.5) is 0 Å². The lowest BCUT2D eigenvalue weighted by Gasteiger charge is -2.27. The van der Waals surface area contributed by atoms with E-state index in [9.17, 15) is 4.79 Å². The monoisotopic (exact) mass is 224 g/mol. The summed E-state index contributed by atoms with van der Waals surface area (Å²) in [6, 6.07) is 4.13. The van der Waals surface area contributed by atoms with E-state index in [4.69, 9.17) is 0 Å². The number of piperazine rings is 1. The van der Waals surface area contributed by atoms with Crippen molar-refractivity contribution in [2.45, 2.75) is 13.3 Å². The van der Waals surface area contributed by atoms with E-state index in [0.29, 0.717) is 6.42 Å². The van der Waals surface area contributed by atoms with E-state index in [-0.39, 0.29) is 5.91 Å². The van der Waals surface area contributed by atoms with Crippen molar-refractivity contribution in [2.24, 2.45) is 0 Å². The van der Waals surface area contributed by atoms with Gasteiger partial charge >= 0.3 is 0 Å². The third-order valence-electron chi connectivity index (χ3n) is 2.59. The van der Waals surface area contributed by atoms with Gasteiger partial charge < -0.3 is 10.2 Å². The van der Waals surface area contributed by atoms with Gasteiger partial charge in [0.1, 0.15) is 0 Å². The summed E-state index contributed by atoms with van der Waals surface area (Å²) in [5, 5.41) is 3.25. The molecular formula is C11H16N2OS. The second-order valence-corrected chi connectivity index (χ2v) is 5.19. The Morgan fingerprint density at radius 3 is 2.80 bits per heavy atom. The second-order valence-electron chi connectivity index (χ2n) is 3.82. The number of carbonyl (C=O) groups excluding carboxylic acids is 1. The van der Waals surface area contributed by atoms with Gasteiger partial charge in [-0.15, -0.1) is 11.3 Å². The minimum Gasteiger partial charge on any atom is -0.340 e. The molecule has 1 aromatic rings. The molecule has 4 heteroatoms. The molecule has 0 saturated carbocycles. The van der Waals surface area contributed by atoms with Gasteiger partial charge in [0.05, 0.1) is 6.42 Å². The smallest absolute Gasteiger partial charge is 0.227 e. The minimum absolute atomic E-state index is 0.262. The molecule has 1 amide bonds. The number of hydrogen-bond acceptors (Lipinski definition) is 3. The number of nitrogens with zero attached hydrogens (tertiary/aromatic N) is 1. The van der Waals surface area contributed by atoms with Crippen LogP contribution >= 0.6 is 11.3 Å². The highest BCUT2D eigenvalue weighted by molar-refractivity contribution is 7.12. The predicted octanol–water partition coefficient (Wildman–Crippen LogP) is 1.03. The van der Waals surface area contributed by atoms with E-state index in [1.807, 2.05) is 4.90 Å². The zero-order valence-electron chi connectivity index (χ0n) is 8.95. The van der Waals surface area contributed by atoms with Crippen LogP contribution in [-0.2, 0) is 11.2 Å². The molecule has 0 atom stereocenters. The van der Waals surface area contributed by atoms with Gasteiger partial charge in [0.2, 0.25) is 5.91 Å². The summed E-state index contributed by atoms with van der Waals surface area (Å²) in [5.41, 5.74) is 0. The van der Waals surface area contributed by atoms with E-state index in [0.717, 1.165) is 26.2 Å². The standard InChI is InChI=1S/C11H16N2OS/c1-9-2-3-10(15-9)8-11(14)13-6-4-12-5-7-13/h2-3,12H,4-8H2,1H3. The number of nitrogens with one attached hydrogen (secondary N) is 1. The molecular weight excluding hydrogens is 208 g/mol. The lowest BCUT2D eigenvalue weighted by Crippen LogP contribution is -2.46. The van der Waals surface area contributed by atoms with Crippen molar-refractivity contribution in [1.82, 2.24) is 10.2 Å². The molecule has 3 nitrogen and oxygen atoms in total. The van der Waals surface area contributed by atoms with Crippen molar-refractivity contribution in [2.75, 3.05) is 26.2 Å². The Hall–Kier alpha value is -0.870. The third-order valence-corrected chi connectivity index (χ3v) is 3.59. The fraction of sp³-hybridized carbons (Fsp3) is 0.545. The maximum Gasteiger partial charge on any atom is 0.227 e. The summed E-state index contributed by atoms with van der Waals surface area (Å²) >= 11 is 1.72. The van der Waals surface area contributed by atoms with Crippen LogP contribution in [0.2, 0.25) is 0 Å². The minimum atomic E-state index is 0.262. The topological polar surface area (TPSA) is 32.3 Å². The molecule has 0 spiro atoms. The highest BCUT2D eigenvalue weighted by Crippen LogP contribution is 2.16. The van der Waals surface area contributed by atoms with Gasteiger partial charge in [-0.25, -0.2) is 0 Å². The van der Waals surface area contributed by atoms with E-state index in [2.05, 4.69) is 24.4 Å². The molecule has 0 radical (unpaired) electrons. The van der Waals surface area contributed by atoms with Crippen molar-refractivity contribution >= 4 is 17.2 Å². The van der Waals surface area contributed by atoms with Crippen molar-refractivity contribution in [1.29, 1.82) is 0 Å². The molecule has 1 N–H and O–H groups in total. The summed E-state index contributed by atoms with van der Waals surface area (Å²) in [7, 11) is 0. The van der Waals surface area contributed by atoms with Crippen LogP contribution in [0.3, 0.4) is 0 Å². The second kappa shape index (κ2) is 4.77. The Labute approximate surface area is 94.1 Å². The number of aryl methyl sites for hydroxylation is 1. The third kappa shape index (κ3) is 2.79.